The predicted molar refractivity (Wildman–Crippen MR) is 28.4 cm³/mol. The Morgan fingerprint density at radius 1 is 1.88 bits per heavy atom. The van der Waals surface area contributed by atoms with Gasteiger partial charge in [0.25, 0.3) is 0 Å². The summed E-state index contributed by atoms with van der Waals surface area (Å²) in [6, 6.07) is 0. The van der Waals surface area contributed by atoms with Crippen molar-refractivity contribution in [3.63, 3.8) is 0 Å². The second kappa shape index (κ2) is 2.13. The normalized spacial score (nSPS) is 28.8. The van der Waals surface area contributed by atoms with E-state index in [0.717, 1.165) is 0 Å². The SMILES string of the molecule is [O-]N1C=CC(O)NC1. The first kappa shape index (κ1) is 5.55. The Kier molecular flexibility index (Phi) is 1.48. The quantitative estimate of drug-likeness (QED) is 0.433. The number of hydrogen-bond acceptors (Lipinski definition) is 4. The average molecular weight is 115 g/mol. The van der Waals surface area contributed by atoms with Crippen molar-refractivity contribution in [1.29, 1.82) is 0 Å². The molecule has 46 valence electrons. The number of aliphatic hydroxyl groups excluding tert-OH is 1. The van der Waals surface area contributed by atoms with Crippen LogP contribution in [0.3, 0.4) is 0 Å². The summed E-state index contributed by atoms with van der Waals surface area (Å²) < 4.78 is 0. The molecule has 0 aromatic carbocycles. The molecule has 0 aromatic rings. The summed E-state index contributed by atoms with van der Waals surface area (Å²) in [7, 11) is 0. The first-order valence-corrected chi connectivity index (χ1v) is 2.32. The van der Waals surface area contributed by atoms with Crippen molar-refractivity contribution in [2.75, 3.05) is 6.67 Å². The Morgan fingerprint density at radius 3 is 3.00 bits per heavy atom. The minimum Gasteiger partial charge on any atom is -0.758 e. The second-order valence-electron chi connectivity index (χ2n) is 1.57. The minimum atomic E-state index is -0.653. The van der Waals surface area contributed by atoms with E-state index < -0.39 is 6.23 Å². The monoisotopic (exact) mass is 115 g/mol. The Labute approximate surface area is 47.0 Å². The van der Waals surface area contributed by atoms with E-state index >= 15 is 0 Å². The summed E-state index contributed by atoms with van der Waals surface area (Å²) >= 11 is 0. The van der Waals surface area contributed by atoms with Crippen LogP contribution in [0, 0.1) is 5.21 Å². The van der Waals surface area contributed by atoms with E-state index in [9.17, 15) is 5.21 Å². The van der Waals surface area contributed by atoms with E-state index in [-0.39, 0.29) is 6.67 Å². The van der Waals surface area contributed by atoms with Crippen molar-refractivity contribution in [3.05, 3.63) is 17.5 Å². The van der Waals surface area contributed by atoms with E-state index in [0.29, 0.717) is 5.06 Å². The van der Waals surface area contributed by atoms with E-state index in [1.54, 1.807) is 0 Å². The Balaban J connectivity index is 2.42. The molecular weight excluding hydrogens is 108 g/mol. The fourth-order valence-corrected chi connectivity index (χ4v) is 0.482. The lowest BCUT2D eigenvalue weighted by Gasteiger charge is -2.31. The van der Waals surface area contributed by atoms with Crippen LogP contribution in [0.4, 0.5) is 0 Å². The zero-order valence-corrected chi connectivity index (χ0v) is 4.24. The van der Waals surface area contributed by atoms with Crippen LogP contribution in [-0.4, -0.2) is 23.1 Å². The molecule has 0 fully saturated rings. The van der Waals surface area contributed by atoms with Crippen molar-refractivity contribution < 1.29 is 5.11 Å². The largest absolute Gasteiger partial charge is 0.758 e. The van der Waals surface area contributed by atoms with Gasteiger partial charge in [0, 0.05) is 0 Å². The average Bonchev–Trinajstić information content (AvgIpc) is 1.77. The molecule has 0 saturated carbocycles. The highest BCUT2D eigenvalue weighted by Crippen LogP contribution is 1.92. The topological polar surface area (TPSA) is 58.6 Å². The molecule has 0 bridgehead atoms. The maximum Gasteiger partial charge on any atom is 0.127 e. The molecule has 0 saturated heterocycles. The number of hydrogen-bond donors (Lipinski definition) is 2. The van der Waals surface area contributed by atoms with E-state index in [1.807, 2.05) is 0 Å². The molecule has 1 heterocycles. The lowest BCUT2D eigenvalue weighted by Crippen LogP contribution is -2.38. The smallest absolute Gasteiger partial charge is 0.127 e. The molecule has 1 aliphatic rings. The molecule has 1 unspecified atom stereocenters. The van der Waals surface area contributed by atoms with Crippen molar-refractivity contribution in [2.24, 2.45) is 0 Å². The summed E-state index contributed by atoms with van der Waals surface area (Å²) in [5, 5.41) is 22.1. The summed E-state index contributed by atoms with van der Waals surface area (Å²) in [4.78, 5) is 0. The first-order valence-electron chi connectivity index (χ1n) is 2.32. The molecule has 0 amide bonds. The zero-order valence-electron chi connectivity index (χ0n) is 4.24. The van der Waals surface area contributed by atoms with Gasteiger partial charge in [-0.25, -0.2) is 0 Å². The van der Waals surface area contributed by atoms with E-state index in [2.05, 4.69) is 5.32 Å². The van der Waals surface area contributed by atoms with Crippen molar-refractivity contribution >= 4 is 0 Å². The summed E-state index contributed by atoms with van der Waals surface area (Å²) in [5.74, 6) is 0. The van der Waals surface area contributed by atoms with Crippen LogP contribution in [0.5, 0.6) is 0 Å². The number of nitrogens with one attached hydrogen (secondary N) is 1. The molecule has 2 N–H and O–H groups in total. The second-order valence-corrected chi connectivity index (χ2v) is 1.57. The van der Waals surface area contributed by atoms with Gasteiger partial charge in [0.1, 0.15) is 6.23 Å². The molecule has 4 nitrogen and oxygen atoms in total. The fraction of sp³-hybridized carbons (Fsp3) is 0.500. The predicted octanol–water partition coefficient (Wildman–Crippen LogP) is -0.821. The van der Waals surface area contributed by atoms with Crippen LogP contribution in [0.15, 0.2) is 12.3 Å². The summed E-state index contributed by atoms with van der Waals surface area (Å²) in [6.45, 7) is 0.164. The van der Waals surface area contributed by atoms with Gasteiger partial charge in [-0.15, -0.1) is 0 Å². The third-order valence-corrected chi connectivity index (χ3v) is 0.891. The number of aliphatic hydroxyl groups is 1. The lowest BCUT2D eigenvalue weighted by molar-refractivity contribution is 0.156. The maximum atomic E-state index is 10.3. The summed E-state index contributed by atoms with van der Waals surface area (Å²) in [6.07, 6.45) is 2.03. The molecule has 4 heteroatoms. The highest BCUT2D eigenvalue weighted by Gasteiger charge is 1.99. The Bertz CT molecular complexity index is 92.2. The van der Waals surface area contributed by atoms with Crippen LogP contribution >= 0.6 is 0 Å². The highest BCUT2D eigenvalue weighted by atomic mass is 16.5. The number of nitrogens with zero attached hydrogens (tertiary/aromatic N) is 1. The van der Waals surface area contributed by atoms with Gasteiger partial charge in [-0.1, -0.05) is 0 Å². The van der Waals surface area contributed by atoms with E-state index in [4.69, 9.17) is 5.11 Å². The minimum absolute atomic E-state index is 0.164. The molecule has 0 aliphatic carbocycles. The van der Waals surface area contributed by atoms with Crippen LogP contribution in [0.25, 0.3) is 0 Å². The van der Waals surface area contributed by atoms with E-state index in [1.165, 1.54) is 12.3 Å². The van der Waals surface area contributed by atoms with Crippen LogP contribution in [0.2, 0.25) is 0 Å². The molecule has 8 heavy (non-hydrogen) atoms. The van der Waals surface area contributed by atoms with Crippen LogP contribution in [0.1, 0.15) is 0 Å². The van der Waals surface area contributed by atoms with Gasteiger partial charge in [-0.3, -0.25) is 5.32 Å². The van der Waals surface area contributed by atoms with Gasteiger partial charge in [0.05, 0.1) is 6.67 Å². The van der Waals surface area contributed by atoms with Crippen molar-refractivity contribution in [2.45, 2.75) is 6.23 Å². The van der Waals surface area contributed by atoms with Crippen LogP contribution in [-0.2, 0) is 0 Å². The molecule has 0 spiro atoms. The standard InChI is InChI=1S/C4H7N2O2/c7-4-1-2-6(8)3-5-4/h1-2,4-5,7H,3H2/q-1. The summed E-state index contributed by atoms with van der Waals surface area (Å²) in [5.41, 5.74) is 0. The fourth-order valence-electron chi connectivity index (χ4n) is 0.482. The molecule has 1 rings (SSSR count). The lowest BCUT2D eigenvalue weighted by atomic mass is 10.5. The Hall–Kier alpha value is -0.580. The maximum absolute atomic E-state index is 10.3. The van der Waals surface area contributed by atoms with Gasteiger partial charge >= 0.3 is 0 Å². The zero-order chi connectivity index (χ0) is 5.98. The highest BCUT2D eigenvalue weighted by molar-refractivity contribution is 4.91. The third-order valence-electron chi connectivity index (χ3n) is 0.891. The van der Waals surface area contributed by atoms with Gasteiger partial charge in [-0.2, -0.15) is 0 Å². The van der Waals surface area contributed by atoms with Crippen molar-refractivity contribution in [1.82, 2.24) is 10.4 Å². The third kappa shape index (κ3) is 1.19. The Morgan fingerprint density at radius 2 is 2.62 bits per heavy atom. The van der Waals surface area contributed by atoms with Gasteiger partial charge in [0.2, 0.25) is 0 Å². The van der Waals surface area contributed by atoms with Gasteiger partial charge in [0.15, 0.2) is 0 Å². The number of hydroxylamine groups is 2. The van der Waals surface area contributed by atoms with Gasteiger partial charge < -0.3 is 15.4 Å². The molecule has 0 radical (unpaired) electrons. The number of rotatable bonds is 0. The van der Waals surface area contributed by atoms with Crippen molar-refractivity contribution in [3.8, 4) is 0 Å². The first-order chi connectivity index (χ1) is 3.79. The van der Waals surface area contributed by atoms with Crippen LogP contribution < -0.4 is 5.32 Å². The molecule has 1 aliphatic heterocycles. The molecular formula is C4H7N2O2-. The van der Waals surface area contributed by atoms with Gasteiger partial charge in [-0.05, 0) is 12.3 Å². The molecule has 0 aromatic heterocycles. The molecule has 1 atom stereocenters.